The standard InChI is InChI=1S/C18H13N3/c1-2-4-14(5-3-1)15-6-8-16(9-7-15)17-10-12-19-18-11-13-20-21(17)18/h1-13H. The summed E-state index contributed by atoms with van der Waals surface area (Å²) >= 11 is 0. The van der Waals surface area contributed by atoms with E-state index in [4.69, 9.17) is 0 Å². The highest BCUT2D eigenvalue weighted by Gasteiger charge is 2.05. The summed E-state index contributed by atoms with van der Waals surface area (Å²) in [5.74, 6) is 0. The highest BCUT2D eigenvalue weighted by molar-refractivity contribution is 5.69. The summed E-state index contributed by atoms with van der Waals surface area (Å²) in [5.41, 5.74) is 5.48. The van der Waals surface area contributed by atoms with Crippen LogP contribution < -0.4 is 0 Å². The molecule has 0 amide bonds. The molecule has 2 aromatic carbocycles. The highest BCUT2D eigenvalue weighted by atomic mass is 15.2. The lowest BCUT2D eigenvalue weighted by Crippen LogP contribution is -1.95. The van der Waals surface area contributed by atoms with Crippen molar-refractivity contribution in [3.05, 3.63) is 79.1 Å². The van der Waals surface area contributed by atoms with Gasteiger partial charge in [0.05, 0.1) is 11.9 Å². The molecule has 2 heterocycles. The molecule has 0 unspecified atom stereocenters. The molecular formula is C18H13N3. The van der Waals surface area contributed by atoms with Crippen LogP contribution in [0.15, 0.2) is 79.1 Å². The van der Waals surface area contributed by atoms with Gasteiger partial charge in [0.2, 0.25) is 0 Å². The van der Waals surface area contributed by atoms with Crippen molar-refractivity contribution < 1.29 is 0 Å². The Bertz CT molecular complexity index is 877. The molecule has 4 rings (SSSR count). The van der Waals surface area contributed by atoms with E-state index in [9.17, 15) is 0 Å². The number of nitrogens with zero attached hydrogens (tertiary/aromatic N) is 3. The first-order valence-electron chi connectivity index (χ1n) is 6.86. The van der Waals surface area contributed by atoms with Crippen molar-refractivity contribution in [2.24, 2.45) is 0 Å². The van der Waals surface area contributed by atoms with Crippen LogP contribution in [0.4, 0.5) is 0 Å². The van der Waals surface area contributed by atoms with Gasteiger partial charge in [0.15, 0.2) is 5.65 Å². The fourth-order valence-corrected chi connectivity index (χ4v) is 2.52. The molecule has 3 nitrogen and oxygen atoms in total. The van der Waals surface area contributed by atoms with Gasteiger partial charge >= 0.3 is 0 Å². The second-order valence-electron chi connectivity index (χ2n) is 4.87. The van der Waals surface area contributed by atoms with E-state index < -0.39 is 0 Å². The molecule has 2 aromatic heterocycles. The van der Waals surface area contributed by atoms with Gasteiger partial charge in [0.25, 0.3) is 0 Å². The maximum atomic E-state index is 4.33. The molecule has 0 radical (unpaired) electrons. The van der Waals surface area contributed by atoms with E-state index in [-0.39, 0.29) is 0 Å². The highest BCUT2D eigenvalue weighted by Crippen LogP contribution is 2.24. The van der Waals surface area contributed by atoms with Crippen molar-refractivity contribution >= 4 is 5.65 Å². The summed E-state index contributed by atoms with van der Waals surface area (Å²) in [6.45, 7) is 0. The first-order valence-corrected chi connectivity index (χ1v) is 6.86. The van der Waals surface area contributed by atoms with Gasteiger partial charge in [0, 0.05) is 17.8 Å². The average Bonchev–Trinajstić information content (AvgIpc) is 3.04. The van der Waals surface area contributed by atoms with Crippen LogP contribution in [0.25, 0.3) is 28.0 Å². The van der Waals surface area contributed by atoms with Crippen LogP contribution in [-0.2, 0) is 0 Å². The fraction of sp³-hybridized carbons (Fsp3) is 0. The third-order valence-corrected chi connectivity index (χ3v) is 3.58. The van der Waals surface area contributed by atoms with E-state index in [0.717, 1.165) is 16.9 Å². The third kappa shape index (κ3) is 2.09. The largest absolute Gasteiger partial charge is 0.237 e. The van der Waals surface area contributed by atoms with Gasteiger partial charge in [-0.2, -0.15) is 5.10 Å². The van der Waals surface area contributed by atoms with Gasteiger partial charge < -0.3 is 0 Å². The molecule has 0 saturated heterocycles. The molecule has 0 saturated carbocycles. The summed E-state index contributed by atoms with van der Waals surface area (Å²) in [6.07, 6.45) is 3.58. The Morgan fingerprint density at radius 3 is 2.14 bits per heavy atom. The van der Waals surface area contributed by atoms with Crippen molar-refractivity contribution in [3.63, 3.8) is 0 Å². The first kappa shape index (κ1) is 11.9. The Morgan fingerprint density at radius 1 is 0.619 bits per heavy atom. The lowest BCUT2D eigenvalue weighted by atomic mass is 10.0. The molecule has 0 spiro atoms. The lowest BCUT2D eigenvalue weighted by Gasteiger charge is -2.06. The summed E-state index contributed by atoms with van der Waals surface area (Å²) in [7, 11) is 0. The molecule has 100 valence electrons. The minimum atomic E-state index is 0.861. The number of hydrogen-bond acceptors (Lipinski definition) is 2. The SMILES string of the molecule is c1ccc(-c2ccc(-c3ccnc4ccnn34)cc2)cc1. The normalized spacial score (nSPS) is 10.9. The van der Waals surface area contributed by atoms with E-state index in [1.165, 1.54) is 11.1 Å². The van der Waals surface area contributed by atoms with Crippen LogP contribution in [0.3, 0.4) is 0 Å². The molecular weight excluding hydrogens is 258 g/mol. The molecule has 21 heavy (non-hydrogen) atoms. The maximum absolute atomic E-state index is 4.33. The van der Waals surface area contributed by atoms with Crippen molar-refractivity contribution in [3.8, 4) is 22.4 Å². The Hall–Kier alpha value is -2.94. The molecule has 0 atom stereocenters. The summed E-state index contributed by atoms with van der Waals surface area (Å²) in [5, 5.41) is 4.33. The second-order valence-corrected chi connectivity index (χ2v) is 4.87. The van der Waals surface area contributed by atoms with E-state index in [1.54, 1.807) is 6.20 Å². The predicted molar refractivity (Wildman–Crippen MR) is 83.9 cm³/mol. The van der Waals surface area contributed by atoms with Crippen molar-refractivity contribution in [1.82, 2.24) is 14.6 Å². The van der Waals surface area contributed by atoms with Gasteiger partial charge in [-0.25, -0.2) is 9.50 Å². The zero-order valence-electron chi connectivity index (χ0n) is 11.3. The number of rotatable bonds is 2. The lowest BCUT2D eigenvalue weighted by molar-refractivity contribution is 0.948. The Balaban J connectivity index is 1.79. The Morgan fingerprint density at radius 2 is 1.33 bits per heavy atom. The van der Waals surface area contributed by atoms with Crippen LogP contribution in [-0.4, -0.2) is 14.6 Å². The molecule has 3 heteroatoms. The second kappa shape index (κ2) is 4.87. The molecule has 4 aromatic rings. The molecule has 0 fully saturated rings. The van der Waals surface area contributed by atoms with E-state index in [0.29, 0.717) is 0 Å². The number of benzene rings is 2. The minimum Gasteiger partial charge on any atom is -0.237 e. The van der Waals surface area contributed by atoms with Crippen LogP contribution in [0.2, 0.25) is 0 Å². The van der Waals surface area contributed by atoms with E-state index in [1.807, 2.05) is 28.9 Å². The van der Waals surface area contributed by atoms with Crippen molar-refractivity contribution in [1.29, 1.82) is 0 Å². The molecule has 0 aliphatic carbocycles. The van der Waals surface area contributed by atoms with Gasteiger partial charge in [0.1, 0.15) is 0 Å². The average molecular weight is 271 g/mol. The number of hydrogen-bond donors (Lipinski definition) is 0. The van der Waals surface area contributed by atoms with Gasteiger partial charge in [-0.05, 0) is 17.2 Å². The zero-order chi connectivity index (χ0) is 14.1. The topological polar surface area (TPSA) is 30.2 Å². The monoisotopic (exact) mass is 271 g/mol. The number of fused-ring (bicyclic) bond motifs is 1. The van der Waals surface area contributed by atoms with Gasteiger partial charge in [-0.15, -0.1) is 0 Å². The number of aromatic nitrogens is 3. The quantitative estimate of drug-likeness (QED) is 0.550. The molecule has 0 bridgehead atoms. The minimum absolute atomic E-state index is 0.861. The van der Waals surface area contributed by atoms with Crippen LogP contribution >= 0.6 is 0 Å². The Kier molecular flexibility index (Phi) is 2.75. The van der Waals surface area contributed by atoms with E-state index >= 15 is 0 Å². The molecule has 0 aliphatic heterocycles. The zero-order valence-corrected chi connectivity index (χ0v) is 11.3. The van der Waals surface area contributed by atoms with Gasteiger partial charge in [-0.3, -0.25) is 0 Å². The van der Waals surface area contributed by atoms with Crippen molar-refractivity contribution in [2.45, 2.75) is 0 Å². The predicted octanol–water partition coefficient (Wildman–Crippen LogP) is 4.06. The van der Waals surface area contributed by atoms with Crippen LogP contribution in [0.1, 0.15) is 0 Å². The van der Waals surface area contributed by atoms with Crippen molar-refractivity contribution in [2.75, 3.05) is 0 Å². The molecule has 0 aliphatic rings. The van der Waals surface area contributed by atoms with Crippen LogP contribution in [0.5, 0.6) is 0 Å². The van der Waals surface area contributed by atoms with Crippen LogP contribution in [0, 0.1) is 0 Å². The summed E-state index contributed by atoms with van der Waals surface area (Å²) in [6, 6.07) is 22.8. The maximum Gasteiger partial charge on any atom is 0.155 e. The van der Waals surface area contributed by atoms with E-state index in [2.05, 4.69) is 58.6 Å². The third-order valence-electron chi connectivity index (χ3n) is 3.58. The summed E-state index contributed by atoms with van der Waals surface area (Å²) < 4.78 is 1.86. The fourth-order valence-electron chi connectivity index (χ4n) is 2.52. The first-order chi connectivity index (χ1) is 10.4. The smallest absolute Gasteiger partial charge is 0.155 e. The molecule has 0 N–H and O–H groups in total. The van der Waals surface area contributed by atoms with Gasteiger partial charge in [-0.1, -0.05) is 54.6 Å². The summed E-state index contributed by atoms with van der Waals surface area (Å²) in [4.78, 5) is 4.29. The Labute approximate surface area is 122 Å².